The number of aliphatic hydroxyl groups excluding tert-OH is 1. The van der Waals surface area contributed by atoms with Crippen LogP contribution >= 0.6 is 11.6 Å². The number of likely N-dealkylation sites (tertiary alicyclic amines) is 1. The van der Waals surface area contributed by atoms with Gasteiger partial charge in [-0.25, -0.2) is 8.42 Å². The molecular weight excluding hydrogens is 428 g/mol. The van der Waals surface area contributed by atoms with Gasteiger partial charge in [0.15, 0.2) is 0 Å². The molecule has 1 amide bonds. The summed E-state index contributed by atoms with van der Waals surface area (Å²) in [4.78, 5) is 15.2. The summed E-state index contributed by atoms with van der Waals surface area (Å²) >= 11 is 6.24. The highest BCUT2D eigenvalue weighted by molar-refractivity contribution is 7.90. The van der Waals surface area contributed by atoms with Crippen LogP contribution in [0.25, 0.3) is 0 Å². The Kier molecular flexibility index (Phi) is 5.65. The Bertz CT molecular complexity index is 1070. The summed E-state index contributed by atoms with van der Waals surface area (Å²) in [6.07, 6.45) is 6.19. The fourth-order valence-electron chi connectivity index (χ4n) is 4.39. The minimum absolute atomic E-state index is 0.0253. The highest BCUT2D eigenvalue weighted by atomic mass is 35.5. The standard InChI is InChI=1S/C20H25ClN4O4S/c1-30(28,29)7-6-25-12-14(10-22-25)11-24-4-2-20(3-5-24)17-9-16(21)8-15(13-26)18(17)23-19(20)27/h8-10,12,26H,2-7,11,13H2,1H3,(H,23,27). The van der Waals surface area contributed by atoms with Crippen molar-refractivity contribution in [3.8, 4) is 0 Å². The maximum absolute atomic E-state index is 12.9. The van der Waals surface area contributed by atoms with Crippen molar-refractivity contribution in [3.63, 3.8) is 0 Å². The third kappa shape index (κ3) is 4.12. The molecule has 10 heteroatoms. The molecule has 2 N–H and O–H groups in total. The first-order chi connectivity index (χ1) is 14.2. The highest BCUT2D eigenvalue weighted by Gasteiger charge is 2.49. The molecule has 0 aliphatic carbocycles. The van der Waals surface area contributed by atoms with Crippen LogP contribution in [0.4, 0.5) is 5.69 Å². The second-order valence-corrected chi connectivity index (χ2v) is 10.9. The van der Waals surface area contributed by atoms with E-state index in [1.807, 2.05) is 12.3 Å². The summed E-state index contributed by atoms with van der Waals surface area (Å²) in [6, 6.07) is 3.53. The van der Waals surface area contributed by atoms with E-state index in [9.17, 15) is 18.3 Å². The minimum atomic E-state index is -3.03. The van der Waals surface area contributed by atoms with E-state index in [0.29, 0.717) is 42.2 Å². The largest absolute Gasteiger partial charge is 0.392 e. The molecule has 162 valence electrons. The Labute approximate surface area is 180 Å². The number of sulfone groups is 1. The molecule has 2 aromatic rings. The van der Waals surface area contributed by atoms with Crippen LogP contribution in [0, 0.1) is 0 Å². The predicted octanol–water partition coefficient (Wildman–Crippen LogP) is 1.56. The second kappa shape index (κ2) is 7.96. The van der Waals surface area contributed by atoms with Crippen molar-refractivity contribution in [3.05, 3.63) is 46.2 Å². The molecule has 4 rings (SSSR count). The number of hydrogen-bond acceptors (Lipinski definition) is 6. The van der Waals surface area contributed by atoms with Gasteiger partial charge in [-0.3, -0.25) is 14.4 Å². The van der Waals surface area contributed by atoms with Crippen molar-refractivity contribution < 1.29 is 18.3 Å². The topological polar surface area (TPSA) is 105 Å². The van der Waals surface area contributed by atoms with Gasteiger partial charge in [0.05, 0.1) is 36.2 Å². The molecule has 1 aromatic carbocycles. The fraction of sp³-hybridized carbons (Fsp3) is 0.500. The number of rotatable bonds is 6. The molecule has 0 unspecified atom stereocenters. The highest BCUT2D eigenvalue weighted by Crippen LogP contribution is 2.47. The lowest BCUT2D eigenvalue weighted by Crippen LogP contribution is -2.46. The van der Waals surface area contributed by atoms with E-state index in [-0.39, 0.29) is 18.3 Å². The monoisotopic (exact) mass is 452 g/mol. The molecule has 3 heterocycles. The smallest absolute Gasteiger partial charge is 0.235 e. The van der Waals surface area contributed by atoms with E-state index in [1.165, 1.54) is 6.26 Å². The van der Waals surface area contributed by atoms with Crippen molar-refractivity contribution in [2.45, 2.75) is 38.0 Å². The molecule has 0 bridgehead atoms. The molecule has 2 aliphatic heterocycles. The normalized spacial score (nSPS) is 18.6. The van der Waals surface area contributed by atoms with Crippen molar-refractivity contribution in [1.29, 1.82) is 0 Å². The van der Waals surface area contributed by atoms with Crippen molar-refractivity contribution >= 4 is 33.0 Å². The Morgan fingerprint density at radius 1 is 1.30 bits per heavy atom. The molecule has 0 radical (unpaired) electrons. The minimum Gasteiger partial charge on any atom is -0.392 e. The number of carbonyl (C=O) groups is 1. The van der Waals surface area contributed by atoms with E-state index >= 15 is 0 Å². The van der Waals surface area contributed by atoms with Crippen LogP contribution in [0.3, 0.4) is 0 Å². The average Bonchev–Trinajstić information content (AvgIpc) is 3.24. The van der Waals surface area contributed by atoms with Gasteiger partial charge >= 0.3 is 0 Å². The number of aryl methyl sites for hydroxylation is 1. The number of piperidine rings is 1. The summed E-state index contributed by atoms with van der Waals surface area (Å²) in [7, 11) is -3.03. The molecule has 1 aromatic heterocycles. The summed E-state index contributed by atoms with van der Waals surface area (Å²) in [5.74, 6) is 0.0375. The summed E-state index contributed by atoms with van der Waals surface area (Å²) < 4.78 is 24.3. The number of hydrogen-bond donors (Lipinski definition) is 2. The van der Waals surface area contributed by atoms with Crippen molar-refractivity contribution in [2.75, 3.05) is 30.4 Å². The zero-order valence-corrected chi connectivity index (χ0v) is 18.3. The van der Waals surface area contributed by atoms with Crippen LogP contribution in [-0.2, 0) is 39.7 Å². The summed E-state index contributed by atoms with van der Waals surface area (Å²) in [5.41, 5.74) is 2.64. The van der Waals surface area contributed by atoms with E-state index in [0.717, 1.165) is 24.2 Å². The second-order valence-electron chi connectivity index (χ2n) is 8.20. The van der Waals surface area contributed by atoms with Crippen LogP contribution in [0.5, 0.6) is 0 Å². The number of carbonyl (C=O) groups excluding carboxylic acids is 1. The summed E-state index contributed by atoms with van der Waals surface area (Å²) in [6.45, 7) is 2.34. The van der Waals surface area contributed by atoms with E-state index in [1.54, 1.807) is 16.9 Å². The van der Waals surface area contributed by atoms with E-state index in [4.69, 9.17) is 11.6 Å². The molecule has 1 spiro atoms. The molecule has 8 nitrogen and oxygen atoms in total. The summed E-state index contributed by atoms with van der Waals surface area (Å²) in [5, 5.41) is 17.4. The maximum atomic E-state index is 12.9. The fourth-order valence-corrected chi connectivity index (χ4v) is 5.15. The Hall–Kier alpha value is -1.94. The molecule has 0 atom stereocenters. The first-order valence-electron chi connectivity index (χ1n) is 9.87. The predicted molar refractivity (Wildman–Crippen MR) is 114 cm³/mol. The number of fused-ring (bicyclic) bond motifs is 2. The number of halogens is 1. The SMILES string of the molecule is CS(=O)(=O)CCn1cc(CN2CCC3(CC2)C(=O)Nc2c(CO)cc(Cl)cc23)cn1. The Balaban J connectivity index is 1.43. The van der Waals surface area contributed by atoms with Gasteiger partial charge in [-0.1, -0.05) is 11.6 Å². The number of amides is 1. The molecule has 0 saturated carbocycles. The average molecular weight is 453 g/mol. The maximum Gasteiger partial charge on any atom is 0.235 e. The van der Waals surface area contributed by atoms with Crippen LogP contribution in [-0.4, -0.2) is 59.2 Å². The number of benzene rings is 1. The third-order valence-electron chi connectivity index (χ3n) is 6.04. The molecule has 2 aliphatic rings. The Morgan fingerprint density at radius 2 is 2.03 bits per heavy atom. The lowest BCUT2D eigenvalue weighted by molar-refractivity contribution is -0.122. The number of aromatic nitrogens is 2. The van der Waals surface area contributed by atoms with Gasteiger partial charge in [-0.2, -0.15) is 5.10 Å². The third-order valence-corrected chi connectivity index (χ3v) is 7.18. The molecular formula is C20H25ClN4O4S. The number of nitrogens with zero attached hydrogens (tertiary/aromatic N) is 3. The molecule has 30 heavy (non-hydrogen) atoms. The van der Waals surface area contributed by atoms with Crippen molar-refractivity contribution in [1.82, 2.24) is 14.7 Å². The van der Waals surface area contributed by atoms with E-state index < -0.39 is 15.3 Å². The molecule has 1 saturated heterocycles. The van der Waals surface area contributed by atoms with Crippen molar-refractivity contribution in [2.24, 2.45) is 0 Å². The Morgan fingerprint density at radius 3 is 2.70 bits per heavy atom. The van der Waals surface area contributed by atoms with Gasteiger partial charge in [0, 0.05) is 35.1 Å². The van der Waals surface area contributed by atoms with Crippen LogP contribution in [0.15, 0.2) is 24.5 Å². The van der Waals surface area contributed by atoms with Gasteiger partial charge in [-0.05, 0) is 43.6 Å². The van der Waals surface area contributed by atoms with E-state index in [2.05, 4.69) is 15.3 Å². The number of anilines is 1. The first-order valence-corrected chi connectivity index (χ1v) is 12.3. The van der Waals surface area contributed by atoms with Gasteiger partial charge in [0.25, 0.3) is 0 Å². The van der Waals surface area contributed by atoms with Crippen LogP contribution in [0.1, 0.15) is 29.5 Å². The molecule has 1 fully saturated rings. The number of nitrogens with one attached hydrogen (secondary N) is 1. The van der Waals surface area contributed by atoms with Crippen LogP contribution < -0.4 is 5.32 Å². The lowest BCUT2D eigenvalue weighted by Gasteiger charge is -2.38. The first kappa shape index (κ1) is 21.3. The zero-order valence-electron chi connectivity index (χ0n) is 16.8. The van der Waals surface area contributed by atoms with Gasteiger partial charge < -0.3 is 10.4 Å². The van der Waals surface area contributed by atoms with Gasteiger partial charge in [0.1, 0.15) is 9.84 Å². The number of aliphatic hydroxyl groups is 1. The van der Waals surface area contributed by atoms with Crippen LogP contribution in [0.2, 0.25) is 5.02 Å². The van der Waals surface area contributed by atoms with Gasteiger partial charge in [-0.15, -0.1) is 0 Å². The quantitative estimate of drug-likeness (QED) is 0.689. The zero-order chi connectivity index (χ0) is 21.5. The van der Waals surface area contributed by atoms with Gasteiger partial charge in [0.2, 0.25) is 5.91 Å². The lowest BCUT2D eigenvalue weighted by atomic mass is 9.73.